The second kappa shape index (κ2) is 9.55. The van der Waals surface area contributed by atoms with Crippen LogP contribution in [0.15, 0.2) is 72.8 Å². The van der Waals surface area contributed by atoms with Crippen LogP contribution in [0.4, 0.5) is 11.4 Å². The van der Waals surface area contributed by atoms with E-state index in [1.165, 1.54) is 19.6 Å². The first kappa shape index (κ1) is 20.1. The van der Waals surface area contributed by atoms with Crippen molar-refractivity contribution in [3.63, 3.8) is 0 Å². The van der Waals surface area contributed by atoms with Crippen molar-refractivity contribution in [2.24, 2.45) is 0 Å². The molecule has 5 nitrogen and oxygen atoms in total. The van der Waals surface area contributed by atoms with E-state index in [1.807, 2.05) is 42.5 Å². The lowest BCUT2D eigenvalue weighted by molar-refractivity contribution is -0.114. The van der Waals surface area contributed by atoms with Gasteiger partial charge in [-0.1, -0.05) is 48.5 Å². The Hall–Kier alpha value is -3.60. The van der Waals surface area contributed by atoms with Crippen LogP contribution >= 0.6 is 0 Å². The van der Waals surface area contributed by atoms with Crippen molar-refractivity contribution in [2.45, 2.75) is 19.8 Å². The normalized spacial score (nSPS) is 10.3. The fourth-order valence-electron chi connectivity index (χ4n) is 3.16. The van der Waals surface area contributed by atoms with Crippen molar-refractivity contribution in [3.05, 3.63) is 89.5 Å². The largest absolute Gasteiger partial charge is 0.495 e. The minimum Gasteiger partial charge on any atom is -0.495 e. The lowest BCUT2D eigenvalue weighted by Crippen LogP contribution is -2.15. The minimum atomic E-state index is -0.216. The zero-order valence-electron chi connectivity index (χ0n) is 16.6. The van der Waals surface area contributed by atoms with Crippen LogP contribution in [0.5, 0.6) is 5.75 Å². The summed E-state index contributed by atoms with van der Waals surface area (Å²) in [6, 6.07) is 22.9. The number of aryl methyl sites for hydroxylation is 2. The fraction of sp³-hybridized carbons (Fsp3) is 0.167. The molecule has 0 spiro atoms. The second-order valence-electron chi connectivity index (χ2n) is 6.69. The Morgan fingerprint density at radius 3 is 2.31 bits per heavy atom. The van der Waals surface area contributed by atoms with E-state index in [2.05, 4.69) is 22.8 Å². The molecule has 0 aliphatic rings. The fourth-order valence-corrected chi connectivity index (χ4v) is 3.16. The quantitative estimate of drug-likeness (QED) is 0.617. The molecule has 3 aromatic carbocycles. The van der Waals surface area contributed by atoms with E-state index in [9.17, 15) is 9.59 Å². The van der Waals surface area contributed by atoms with Crippen LogP contribution in [0.2, 0.25) is 0 Å². The molecule has 5 heteroatoms. The van der Waals surface area contributed by atoms with Gasteiger partial charge in [0.1, 0.15) is 5.75 Å². The van der Waals surface area contributed by atoms with Gasteiger partial charge in [0.25, 0.3) is 5.91 Å². The SMILES string of the molecule is COc1ccc(NC(C)=O)cc1NC(=O)c1ccccc1CCc1ccccc1. The van der Waals surface area contributed by atoms with Crippen LogP contribution in [-0.2, 0) is 17.6 Å². The van der Waals surface area contributed by atoms with Gasteiger partial charge in [0, 0.05) is 18.2 Å². The van der Waals surface area contributed by atoms with Crippen molar-refractivity contribution in [3.8, 4) is 5.75 Å². The van der Waals surface area contributed by atoms with Gasteiger partial charge in [0.2, 0.25) is 5.91 Å². The Labute approximate surface area is 170 Å². The van der Waals surface area contributed by atoms with Crippen LogP contribution in [0, 0.1) is 0 Å². The first-order valence-corrected chi connectivity index (χ1v) is 9.45. The standard InChI is InChI=1S/C24H24N2O3/c1-17(27)25-20-14-15-23(29-2)22(16-20)26-24(28)21-11-7-6-10-19(21)13-12-18-8-4-3-5-9-18/h3-11,14-16H,12-13H2,1-2H3,(H,25,27)(H,26,28). The Morgan fingerprint density at radius 2 is 1.59 bits per heavy atom. The number of ether oxygens (including phenoxy) is 1. The van der Waals surface area contributed by atoms with Gasteiger partial charge in [-0.25, -0.2) is 0 Å². The van der Waals surface area contributed by atoms with E-state index in [1.54, 1.807) is 18.2 Å². The van der Waals surface area contributed by atoms with E-state index >= 15 is 0 Å². The number of carbonyl (C=O) groups is 2. The summed E-state index contributed by atoms with van der Waals surface area (Å²) in [5, 5.41) is 5.63. The Bertz CT molecular complexity index is 1000. The second-order valence-corrected chi connectivity index (χ2v) is 6.69. The van der Waals surface area contributed by atoms with Gasteiger partial charge in [-0.2, -0.15) is 0 Å². The zero-order chi connectivity index (χ0) is 20.6. The summed E-state index contributed by atoms with van der Waals surface area (Å²) >= 11 is 0. The predicted octanol–water partition coefficient (Wildman–Crippen LogP) is 4.69. The van der Waals surface area contributed by atoms with Gasteiger partial charge in [0.15, 0.2) is 0 Å². The molecule has 0 aliphatic carbocycles. The number of nitrogens with one attached hydrogen (secondary N) is 2. The summed E-state index contributed by atoms with van der Waals surface area (Å²) in [5.74, 6) is 0.125. The number of benzene rings is 3. The molecule has 0 aliphatic heterocycles. The number of rotatable bonds is 7. The summed E-state index contributed by atoms with van der Waals surface area (Å²) in [5.41, 5.74) is 3.92. The highest BCUT2D eigenvalue weighted by atomic mass is 16.5. The van der Waals surface area contributed by atoms with E-state index < -0.39 is 0 Å². The maximum absolute atomic E-state index is 13.0. The predicted molar refractivity (Wildman–Crippen MR) is 116 cm³/mol. The molecule has 0 saturated carbocycles. The van der Waals surface area contributed by atoms with Gasteiger partial charge >= 0.3 is 0 Å². The molecule has 0 saturated heterocycles. The molecule has 148 valence electrons. The lowest BCUT2D eigenvalue weighted by Gasteiger charge is -2.14. The van der Waals surface area contributed by atoms with E-state index in [0.717, 1.165) is 18.4 Å². The summed E-state index contributed by atoms with van der Waals surface area (Å²) in [4.78, 5) is 24.3. The molecule has 0 atom stereocenters. The molecule has 2 amide bonds. The number of hydrogen-bond donors (Lipinski definition) is 2. The summed E-state index contributed by atoms with van der Waals surface area (Å²) in [6.07, 6.45) is 1.61. The summed E-state index contributed by atoms with van der Waals surface area (Å²) in [6.45, 7) is 1.44. The maximum Gasteiger partial charge on any atom is 0.256 e. The molecule has 0 heterocycles. The molecule has 3 aromatic rings. The molecular weight excluding hydrogens is 364 g/mol. The van der Waals surface area contributed by atoms with Gasteiger partial charge in [-0.05, 0) is 48.2 Å². The molecule has 0 radical (unpaired) electrons. The van der Waals surface area contributed by atoms with Gasteiger partial charge in [0.05, 0.1) is 12.8 Å². The van der Waals surface area contributed by atoms with Crippen LogP contribution in [0.1, 0.15) is 28.4 Å². The number of anilines is 2. The van der Waals surface area contributed by atoms with Crippen LogP contribution in [-0.4, -0.2) is 18.9 Å². The van der Waals surface area contributed by atoms with Crippen LogP contribution < -0.4 is 15.4 Å². The summed E-state index contributed by atoms with van der Waals surface area (Å²) < 4.78 is 5.35. The highest BCUT2D eigenvalue weighted by Crippen LogP contribution is 2.28. The molecule has 0 unspecified atom stereocenters. The topological polar surface area (TPSA) is 67.4 Å². The van der Waals surface area contributed by atoms with E-state index in [0.29, 0.717) is 22.7 Å². The zero-order valence-corrected chi connectivity index (χ0v) is 16.6. The van der Waals surface area contributed by atoms with Gasteiger partial charge in [-0.3, -0.25) is 9.59 Å². The number of carbonyl (C=O) groups excluding carboxylic acids is 2. The Balaban J connectivity index is 1.80. The number of hydrogen-bond acceptors (Lipinski definition) is 3. The Morgan fingerprint density at radius 1 is 0.862 bits per heavy atom. The summed E-state index contributed by atoms with van der Waals surface area (Å²) in [7, 11) is 1.54. The first-order valence-electron chi connectivity index (χ1n) is 9.45. The van der Waals surface area contributed by atoms with Crippen molar-refractivity contribution < 1.29 is 14.3 Å². The molecule has 2 N–H and O–H groups in total. The van der Waals surface area contributed by atoms with E-state index in [-0.39, 0.29) is 11.8 Å². The van der Waals surface area contributed by atoms with Crippen molar-refractivity contribution in [1.82, 2.24) is 0 Å². The minimum absolute atomic E-state index is 0.182. The van der Waals surface area contributed by atoms with Gasteiger partial charge < -0.3 is 15.4 Å². The van der Waals surface area contributed by atoms with Crippen molar-refractivity contribution in [2.75, 3.05) is 17.7 Å². The van der Waals surface area contributed by atoms with Crippen LogP contribution in [0.25, 0.3) is 0 Å². The van der Waals surface area contributed by atoms with Gasteiger partial charge in [-0.15, -0.1) is 0 Å². The average molecular weight is 388 g/mol. The lowest BCUT2D eigenvalue weighted by atomic mass is 9.99. The molecule has 29 heavy (non-hydrogen) atoms. The number of amides is 2. The molecule has 0 fully saturated rings. The van der Waals surface area contributed by atoms with Crippen molar-refractivity contribution >= 4 is 23.2 Å². The third kappa shape index (κ3) is 5.45. The smallest absolute Gasteiger partial charge is 0.256 e. The van der Waals surface area contributed by atoms with Crippen LogP contribution in [0.3, 0.4) is 0 Å². The Kier molecular flexibility index (Phi) is 6.63. The maximum atomic E-state index is 13.0. The molecule has 3 rings (SSSR count). The third-order valence-electron chi connectivity index (χ3n) is 4.56. The average Bonchev–Trinajstić information content (AvgIpc) is 2.73. The number of methoxy groups -OCH3 is 1. The van der Waals surface area contributed by atoms with Crippen molar-refractivity contribution in [1.29, 1.82) is 0 Å². The van der Waals surface area contributed by atoms with E-state index in [4.69, 9.17) is 4.74 Å². The molecule has 0 aromatic heterocycles. The first-order chi connectivity index (χ1) is 14.1. The third-order valence-corrected chi connectivity index (χ3v) is 4.56. The highest BCUT2D eigenvalue weighted by Gasteiger charge is 2.14. The molecular formula is C24H24N2O3. The highest BCUT2D eigenvalue weighted by molar-refractivity contribution is 6.06. The molecule has 0 bridgehead atoms. The monoisotopic (exact) mass is 388 g/mol.